The topological polar surface area (TPSA) is 63.4 Å². The van der Waals surface area contributed by atoms with E-state index < -0.39 is 10.0 Å². The summed E-state index contributed by atoms with van der Waals surface area (Å²) in [6.45, 7) is 4.66. The number of anilines is 1. The minimum absolute atomic E-state index is 0.00121. The number of hydrogen-bond acceptors (Lipinski definition) is 3. The predicted molar refractivity (Wildman–Crippen MR) is 88.0 cm³/mol. The number of hydrogen-bond donors (Lipinski definition) is 1. The number of nitrogens with zero attached hydrogens (tertiary/aromatic N) is 1. The van der Waals surface area contributed by atoms with Gasteiger partial charge in [0.05, 0.1) is 5.69 Å². The normalized spacial score (nSPS) is 24.8. The number of benzene rings is 1. The van der Waals surface area contributed by atoms with E-state index in [9.17, 15) is 8.42 Å². The van der Waals surface area contributed by atoms with Gasteiger partial charge in [-0.3, -0.25) is 0 Å². The van der Waals surface area contributed by atoms with Crippen molar-refractivity contribution in [1.29, 1.82) is 0 Å². The third-order valence-corrected chi connectivity index (χ3v) is 7.16. The fourth-order valence-corrected chi connectivity index (χ4v) is 6.39. The molecule has 2 unspecified atom stereocenters. The molecule has 1 aromatic carbocycles. The molecule has 2 N–H and O–H groups in total. The summed E-state index contributed by atoms with van der Waals surface area (Å²) in [5.41, 5.74) is 6.18. The van der Waals surface area contributed by atoms with Gasteiger partial charge in [0.15, 0.2) is 0 Å². The van der Waals surface area contributed by atoms with Gasteiger partial charge in [-0.15, -0.1) is 0 Å². The van der Waals surface area contributed by atoms with Crippen LogP contribution in [0.4, 0.5) is 5.69 Å². The van der Waals surface area contributed by atoms with Crippen molar-refractivity contribution in [2.75, 3.05) is 12.3 Å². The van der Waals surface area contributed by atoms with Crippen LogP contribution in [0.3, 0.4) is 0 Å². The van der Waals surface area contributed by atoms with Crippen LogP contribution in [-0.4, -0.2) is 25.3 Å². The van der Waals surface area contributed by atoms with Gasteiger partial charge in [-0.05, 0) is 53.7 Å². The Morgan fingerprint density at radius 3 is 2.50 bits per heavy atom. The van der Waals surface area contributed by atoms with Crippen LogP contribution in [-0.2, 0) is 10.0 Å². The molecule has 0 spiro atoms. The maximum atomic E-state index is 12.9. The Bertz CT molecular complexity index is 596. The van der Waals surface area contributed by atoms with Gasteiger partial charge in [0, 0.05) is 21.5 Å². The van der Waals surface area contributed by atoms with Crippen LogP contribution in [0.5, 0.6) is 0 Å². The van der Waals surface area contributed by atoms with Gasteiger partial charge >= 0.3 is 0 Å². The zero-order valence-corrected chi connectivity index (χ0v) is 15.4. The second kappa shape index (κ2) is 5.94. The lowest BCUT2D eigenvalue weighted by Crippen LogP contribution is -2.44. The van der Waals surface area contributed by atoms with Crippen LogP contribution < -0.4 is 5.73 Å². The van der Waals surface area contributed by atoms with Gasteiger partial charge < -0.3 is 5.73 Å². The highest BCUT2D eigenvalue weighted by Crippen LogP contribution is 2.36. The Labute approximate surface area is 137 Å². The van der Waals surface area contributed by atoms with E-state index >= 15 is 0 Å². The monoisotopic (exact) mass is 424 g/mol. The summed E-state index contributed by atoms with van der Waals surface area (Å²) >= 11 is 6.63. The van der Waals surface area contributed by atoms with E-state index in [1.54, 1.807) is 16.4 Å². The first-order valence-corrected chi connectivity index (χ1v) is 9.52. The zero-order chi connectivity index (χ0) is 15.1. The van der Waals surface area contributed by atoms with Crippen molar-refractivity contribution < 1.29 is 8.42 Å². The standard InChI is InChI=1S/C13H18Br2N2O2S/c1-8-3-4-17(9(2)5-8)20(18,19)13-11(15)6-10(14)7-12(13)16/h6-9H,3-5,16H2,1-2H3. The Hall–Kier alpha value is -0.110. The minimum Gasteiger partial charge on any atom is -0.398 e. The van der Waals surface area contributed by atoms with Crippen molar-refractivity contribution in [2.24, 2.45) is 5.92 Å². The lowest BCUT2D eigenvalue weighted by Gasteiger charge is -2.35. The predicted octanol–water partition coefficient (Wildman–Crippen LogP) is 3.60. The molecule has 1 aromatic rings. The molecule has 1 aliphatic rings. The summed E-state index contributed by atoms with van der Waals surface area (Å²) < 4.78 is 28.5. The first kappa shape index (κ1) is 16.3. The zero-order valence-electron chi connectivity index (χ0n) is 11.4. The number of rotatable bonds is 2. The molecule has 4 nitrogen and oxygen atoms in total. The Morgan fingerprint density at radius 2 is 1.95 bits per heavy atom. The van der Waals surface area contributed by atoms with E-state index in [0.717, 1.165) is 17.3 Å². The summed E-state index contributed by atoms with van der Waals surface area (Å²) in [5, 5.41) is 0. The molecular formula is C13H18Br2N2O2S. The van der Waals surface area contributed by atoms with Gasteiger partial charge in [0.2, 0.25) is 10.0 Å². The molecule has 7 heteroatoms. The van der Waals surface area contributed by atoms with Crippen LogP contribution in [0.1, 0.15) is 26.7 Å². The molecule has 0 radical (unpaired) electrons. The first-order valence-electron chi connectivity index (χ1n) is 6.50. The summed E-state index contributed by atoms with van der Waals surface area (Å²) in [6, 6.07) is 3.33. The molecule has 112 valence electrons. The van der Waals surface area contributed by atoms with Gasteiger partial charge in [0.25, 0.3) is 0 Å². The molecule has 1 saturated heterocycles. The number of halogens is 2. The SMILES string of the molecule is CC1CCN(S(=O)(=O)c2c(N)cc(Br)cc2Br)C(C)C1. The smallest absolute Gasteiger partial charge is 0.246 e. The van der Waals surface area contributed by atoms with Gasteiger partial charge in [-0.2, -0.15) is 4.31 Å². The number of nitrogen functional groups attached to an aromatic ring is 1. The Morgan fingerprint density at radius 1 is 1.30 bits per heavy atom. The summed E-state index contributed by atoms with van der Waals surface area (Å²) in [4.78, 5) is 0.169. The summed E-state index contributed by atoms with van der Waals surface area (Å²) in [7, 11) is -3.57. The highest BCUT2D eigenvalue weighted by molar-refractivity contribution is 9.11. The van der Waals surface area contributed by atoms with E-state index in [0.29, 0.717) is 16.9 Å². The van der Waals surface area contributed by atoms with Crippen molar-refractivity contribution in [3.63, 3.8) is 0 Å². The average molecular weight is 426 g/mol. The molecule has 2 rings (SSSR count). The van der Waals surface area contributed by atoms with Crippen molar-refractivity contribution in [3.05, 3.63) is 21.1 Å². The average Bonchev–Trinajstić information content (AvgIpc) is 2.25. The van der Waals surface area contributed by atoms with Crippen LogP contribution in [0.25, 0.3) is 0 Å². The van der Waals surface area contributed by atoms with E-state index in [1.165, 1.54) is 0 Å². The number of piperidine rings is 1. The number of nitrogens with two attached hydrogens (primary N) is 1. The largest absolute Gasteiger partial charge is 0.398 e. The van der Waals surface area contributed by atoms with E-state index in [2.05, 4.69) is 38.8 Å². The Balaban J connectivity index is 2.46. The molecule has 1 fully saturated rings. The van der Waals surface area contributed by atoms with Crippen molar-refractivity contribution in [1.82, 2.24) is 4.31 Å². The first-order chi connectivity index (χ1) is 9.23. The highest BCUT2D eigenvalue weighted by Gasteiger charge is 2.35. The van der Waals surface area contributed by atoms with Crippen LogP contribution in [0.15, 0.2) is 26.0 Å². The van der Waals surface area contributed by atoms with Crippen molar-refractivity contribution in [2.45, 2.75) is 37.6 Å². The highest BCUT2D eigenvalue weighted by atomic mass is 79.9. The second-order valence-corrected chi connectivity index (χ2v) is 9.00. The van der Waals surface area contributed by atoms with Crippen molar-refractivity contribution >= 4 is 47.6 Å². The maximum Gasteiger partial charge on any atom is 0.246 e. The van der Waals surface area contributed by atoms with Gasteiger partial charge in [-0.1, -0.05) is 22.9 Å². The molecule has 0 amide bonds. The van der Waals surface area contributed by atoms with Crippen molar-refractivity contribution in [3.8, 4) is 0 Å². The minimum atomic E-state index is -3.57. The third-order valence-electron chi connectivity index (χ3n) is 3.68. The lowest BCUT2D eigenvalue weighted by atomic mass is 9.95. The van der Waals surface area contributed by atoms with Crippen LogP contribution in [0.2, 0.25) is 0 Å². The quantitative estimate of drug-likeness (QED) is 0.736. The third kappa shape index (κ3) is 3.05. The molecule has 20 heavy (non-hydrogen) atoms. The molecule has 1 aliphatic heterocycles. The molecule has 1 heterocycles. The second-order valence-electron chi connectivity index (χ2n) is 5.40. The van der Waals surface area contributed by atoms with E-state index in [1.807, 2.05) is 6.92 Å². The maximum absolute atomic E-state index is 12.9. The molecule has 0 aromatic heterocycles. The molecule has 0 bridgehead atoms. The van der Waals surface area contributed by atoms with Crippen LogP contribution in [0, 0.1) is 5.92 Å². The van der Waals surface area contributed by atoms with Crippen LogP contribution >= 0.6 is 31.9 Å². The Kier molecular flexibility index (Phi) is 4.83. The molecular weight excluding hydrogens is 408 g/mol. The van der Waals surface area contributed by atoms with Gasteiger partial charge in [0.1, 0.15) is 4.90 Å². The lowest BCUT2D eigenvalue weighted by molar-refractivity contribution is 0.220. The molecule has 2 atom stereocenters. The van der Waals surface area contributed by atoms with E-state index in [-0.39, 0.29) is 16.6 Å². The van der Waals surface area contributed by atoms with E-state index in [4.69, 9.17) is 5.73 Å². The molecule has 0 saturated carbocycles. The van der Waals surface area contributed by atoms with Gasteiger partial charge in [-0.25, -0.2) is 8.42 Å². The molecule has 0 aliphatic carbocycles. The summed E-state index contributed by atoms with van der Waals surface area (Å²) in [5.74, 6) is 0.558. The number of sulfonamides is 1. The summed E-state index contributed by atoms with van der Waals surface area (Å²) in [6.07, 6.45) is 1.77. The fourth-order valence-electron chi connectivity index (χ4n) is 2.71. The fraction of sp³-hybridized carbons (Fsp3) is 0.538.